The number of nitrogens with zero attached hydrogens (tertiary/aromatic N) is 2. The summed E-state index contributed by atoms with van der Waals surface area (Å²) in [6.07, 6.45) is 0. The van der Waals surface area contributed by atoms with Crippen LogP contribution in [0.25, 0.3) is 11.4 Å². The molecule has 0 aliphatic heterocycles. The maximum Gasteiger partial charge on any atom is 0.166 e. The number of benzene rings is 2. The lowest BCUT2D eigenvalue weighted by atomic mass is 10.2. The number of anilines is 3. The third kappa shape index (κ3) is 3.60. The van der Waals surface area contributed by atoms with E-state index in [0.717, 1.165) is 0 Å². The predicted molar refractivity (Wildman–Crippen MR) is 94.7 cm³/mol. The average molecular weight is 340 g/mol. The van der Waals surface area contributed by atoms with Crippen LogP contribution in [0.4, 0.5) is 21.7 Å². The van der Waals surface area contributed by atoms with Gasteiger partial charge in [-0.2, -0.15) is 0 Å². The molecule has 1 aromatic heterocycles. The molecule has 7 heteroatoms. The van der Waals surface area contributed by atoms with E-state index in [1.807, 2.05) is 0 Å². The Hall–Kier alpha value is -3.35. The quantitative estimate of drug-likeness (QED) is 0.738. The second kappa shape index (κ2) is 7.04. The highest BCUT2D eigenvalue weighted by molar-refractivity contribution is 5.69. The lowest BCUT2D eigenvalue weighted by Crippen LogP contribution is -2.03. The van der Waals surface area contributed by atoms with Crippen LogP contribution in [0.1, 0.15) is 0 Å². The fourth-order valence-corrected chi connectivity index (χ4v) is 2.33. The molecule has 0 aliphatic carbocycles. The van der Waals surface area contributed by atoms with Crippen molar-refractivity contribution in [3.05, 3.63) is 54.3 Å². The van der Waals surface area contributed by atoms with E-state index in [1.165, 1.54) is 6.07 Å². The number of nitrogens with two attached hydrogens (primary N) is 1. The molecule has 0 saturated heterocycles. The van der Waals surface area contributed by atoms with Crippen LogP contribution in [-0.2, 0) is 0 Å². The summed E-state index contributed by atoms with van der Waals surface area (Å²) in [6, 6.07) is 13.1. The van der Waals surface area contributed by atoms with Gasteiger partial charge in [-0.15, -0.1) is 0 Å². The van der Waals surface area contributed by atoms with Gasteiger partial charge in [-0.05, 0) is 24.3 Å². The van der Waals surface area contributed by atoms with E-state index in [4.69, 9.17) is 15.2 Å². The number of hydrogen-bond donors (Lipinski definition) is 2. The van der Waals surface area contributed by atoms with Crippen LogP contribution < -0.4 is 20.5 Å². The van der Waals surface area contributed by atoms with E-state index >= 15 is 0 Å². The molecule has 0 atom stereocenters. The minimum atomic E-state index is -0.416. The average Bonchev–Trinajstić information content (AvgIpc) is 2.62. The number of halogens is 1. The minimum Gasteiger partial charge on any atom is -0.497 e. The van der Waals surface area contributed by atoms with Crippen LogP contribution in [0.2, 0.25) is 0 Å². The van der Waals surface area contributed by atoms with E-state index in [9.17, 15) is 4.39 Å². The number of rotatable bonds is 5. The van der Waals surface area contributed by atoms with Crippen molar-refractivity contribution in [1.82, 2.24) is 9.97 Å². The first-order valence-electron chi connectivity index (χ1n) is 7.49. The number of ether oxygens (including phenoxy) is 2. The standard InChI is InChI=1S/C18H17FN4O2/c1-24-11-7-8-14(15(9-11)25-2)21-17-10-16(20)22-18(23-17)12-5-3-4-6-13(12)19/h3-10H,1-2H3,(H3,20,21,22,23). The Kier molecular flexibility index (Phi) is 4.65. The molecule has 25 heavy (non-hydrogen) atoms. The Bertz CT molecular complexity index is 902. The van der Waals surface area contributed by atoms with Gasteiger partial charge in [-0.25, -0.2) is 14.4 Å². The third-order valence-electron chi connectivity index (χ3n) is 3.53. The summed E-state index contributed by atoms with van der Waals surface area (Å²) in [6.45, 7) is 0. The van der Waals surface area contributed by atoms with Gasteiger partial charge in [-0.3, -0.25) is 0 Å². The lowest BCUT2D eigenvalue weighted by molar-refractivity contribution is 0.395. The van der Waals surface area contributed by atoms with Crippen molar-refractivity contribution in [1.29, 1.82) is 0 Å². The molecule has 128 valence electrons. The molecule has 3 aromatic rings. The molecule has 2 aromatic carbocycles. The van der Waals surface area contributed by atoms with Crippen molar-refractivity contribution in [2.24, 2.45) is 0 Å². The number of methoxy groups -OCH3 is 2. The van der Waals surface area contributed by atoms with Gasteiger partial charge < -0.3 is 20.5 Å². The Morgan fingerprint density at radius 1 is 1.00 bits per heavy atom. The molecule has 0 fully saturated rings. The molecule has 3 rings (SSSR count). The van der Waals surface area contributed by atoms with Gasteiger partial charge in [0.15, 0.2) is 5.82 Å². The van der Waals surface area contributed by atoms with Gasteiger partial charge in [0.2, 0.25) is 0 Å². The zero-order valence-electron chi connectivity index (χ0n) is 13.8. The van der Waals surface area contributed by atoms with E-state index in [1.54, 1.807) is 56.7 Å². The van der Waals surface area contributed by atoms with Crippen molar-refractivity contribution in [3.8, 4) is 22.9 Å². The van der Waals surface area contributed by atoms with Gasteiger partial charge in [-0.1, -0.05) is 12.1 Å². The van der Waals surface area contributed by atoms with Crippen molar-refractivity contribution in [2.45, 2.75) is 0 Å². The summed E-state index contributed by atoms with van der Waals surface area (Å²) in [5, 5.41) is 3.11. The fraction of sp³-hybridized carbons (Fsp3) is 0.111. The third-order valence-corrected chi connectivity index (χ3v) is 3.53. The molecule has 0 unspecified atom stereocenters. The molecule has 0 amide bonds. The largest absolute Gasteiger partial charge is 0.497 e. The molecule has 0 spiro atoms. The molecule has 0 saturated carbocycles. The summed E-state index contributed by atoms with van der Waals surface area (Å²) >= 11 is 0. The summed E-state index contributed by atoms with van der Waals surface area (Å²) in [4.78, 5) is 8.46. The zero-order valence-corrected chi connectivity index (χ0v) is 13.8. The van der Waals surface area contributed by atoms with Crippen molar-refractivity contribution < 1.29 is 13.9 Å². The molecule has 1 heterocycles. The second-order valence-electron chi connectivity index (χ2n) is 5.17. The number of nitrogens with one attached hydrogen (secondary N) is 1. The Labute approximate surface area is 144 Å². The number of nitrogen functional groups attached to an aromatic ring is 1. The summed E-state index contributed by atoms with van der Waals surface area (Å²) < 4.78 is 24.5. The maximum absolute atomic E-state index is 14.0. The first kappa shape index (κ1) is 16.5. The second-order valence-corrected chi connectivity index (χ2v) is 5.17. The molecule has 0 radical (unpaired) electrons. The monoisotopic (exact) mass is 340 g/mol. The lowest BCUT2D eigenvalue weighted by Gasteiger charge is -2.13. The van der Waals surface area contributed by atoms with Gasteiger partial charge in [0, 0.05) is 12.1 Å². The summed E-state index contributed by atoms with van der Waals surface area (Å²) in [7, 11) is 3.13. The van der Waals surface area contributed by atoms with Crippen molar-refractivity contribution in [3.63, 3.8) is 0 Å². The van der Waals surface area contributed by atoms with Crippen LogP contribution in [0.3, 0.4) is 0 Å². The van der Waals surface area contributed by atoms with Crippen molar-refractivity contribution in [2.75, 3.05) is 25.3 Å². The molecule has 6 nitrogen and oxygen atoms in total. The topological polar surface area (TPSA) is 82.3 Å². The number of aromatic nitrogens is 2. The van der Waals surface area contributed by atoms with Gasteiger partial charge in [0.05, 0.1) is 25.5 Å². The van der Waals surface area contributed by atoms with Crippen LogP contribution in [-0.4, -0.2) is 24.2 Å². The van der Waals surface area contributed by atoms with Gasteiger partial charge in [0.1, 0.15) is 29.0 Å². The smallest absolute Gasteiger partial charge is 0.166 e. The highest BCUT2D eigenvalue weighted by Crippen LogP contribution is 2.32. The summed E-state index contributed by atoms with van der Waals surface area (Å²) in [5.74, 6) is 1.67. The highest BCUT2D eigenvalue weighted by Gasteiger charge is 2.11. The van der Waals surface area contributed by atoms with Gasteiger partial charge >= 0.3 is 0 Å². The normalized spacial score (nSPS) is 10.4. The first-order chi connectivity index (χ1) is 12.1. The molecule has 0 aliphatic rings. The van der Waals surface area contributed by atoms with Crippen LogP contribution in [0.5, 0.6) is 11.5 Å². The van der Waals surface area contributed by atoms with Crippen molar-refractivity contribution >= 4 is 17.3 Å². The zero-order chi connectivity index (χ0) is 17.8. The number of hydrogen-bond acceptors (Lipinski definition) is 6. The first-order valence-corrected chi connectivity index (χ1v) is 7.49. The van der Waals surface area contributed by atoms with Crippen LogP contribution in [0, 0.1) is 5.82 Å². The van der Waals surface area contributed by atoms with E-state index < -0.39 is 5.82 Å². The molecule has 0 bridgehead atoms. The van der Waals surface area contributed by atoms with Crippen LogP contribution in [0.15, 0.2) is 48.5 Å². The fourth-order valence-electron chi connectivity index (χ4n) is 2.33. The Morgan fingerprint density at radius 3 is 2.52 bits per heavy atom. The van der Waals surface area contributed by atoms with Crippen LogP contribution >= 0.6 is 0 Å². The molecular formula is C18H17FN4O2. The van der Waals surface area contributed by atoms with E-state index in [2.05, 4.69) is 15.3 Å². The summed E-state index contributed by atoms with van der Waals surface area (Å²) in [5.41, 5.74) is 6.80. The molecule has 3 N–H and O–H groups in total. The Balaban J connectivity index is 1.98. The SMILES string of the molecule is COc1ccc(Nc2cc(N)nc(-c3ccccc3F)n2)c(OC)c1. The molecular weight excluding hydrogens is 323 g/mol. The highest BCUT2D eigenvalue weighted by atomic mass is 19.1. The maximum atomic E-state index is 14.0. The van der Waals surface area contributed by atoms with Gasteiger partial charge in [0.25, 0.3) is 0 Å². The van der Waals surface area contributed by atoms with E-state index in [0.29, 0.717) is 23.0 Å². The predicted octanol–water partition coefficient (Wildman–Crippen LogP) is 3.63. The van der Waals surface area contributed by atoms with E-state index in [-0.39, 0.29) is 17.2 Å². The Morgan fingerprint density at radius 2 is 1.80 bits per heavy atom. The minimum absolute atomic E-state index is 0.202.